The number of hydrogen-bond donors (Lipinski definition) is 1. The highest BCUT2D eigenvalue weighted by molar-refractivity contribution is 7.98. The number of carbonyl (C=O) groups is 1. The number of fused-ring (bicyclic) bond motifs is 1. The number of rotatable bonds is 3. The number of para-hydroxylation sites is 1. The standard InChI is InChI=1S/C11H11N3O2S/c1-17-11-13-8-5-3-2-4-7(8)10(16)14(11)6-9(12)15/h2-5H,6H2,1H3,(H2,12,15). The Balaban J connectivity index is 2.76. The van der Waals surface area contributed by atoms with Crippen LogP contribution in [-0.2, 0) is 11.3 Å². The quantitative estimate of drug-likeness (QED) is 0.638. The Hall–Kier alpha value is -1.82. The molecule has 0 bridgehead atoms. The topological polar surface area (TPSA) is 78.0 Å². The van der Waals surface area contributed by atoms with Gasteiger partial charge in [0.2, 0.25) is 5.91 Å². The molecule has 0 spiro atoms. The van der Waals surface area contributed by atoms with Crippen molar-refractivity contribution in [1.29, 1.82) is 0 Å². The number of aromatic nitrogens is 2. The highest BCUT2D eigenvalue weighted by Gasteiger charge is 2.11. The van der Waals surface area contributed by atoms with Crippen molar-refractivity contribution in [2.24, 2.45) is 5.73 Å². The summed E-state index contributed by atoms with van der Waals surface area (Å²) < 4.78 is 1.30. The van der Waals surface area contributed by atoms with Crippen LogP contribution in [-0.4, -0.2) is 21.7 Å². The van der Waals surface area contributed by atoms with Gasteiger partial charge in [0.1, 0.15) is 6.54 Å². The van der Waals surface area contributed by atoms with Gasteiger partial charge in [-0.25, -0.2) is 4.98 Å². The molecule has 2 rings (SSSR count). The number of primary amides is 1. The Morgan fingerprint density at radius 2 is 2.18 bits per heavy atom. The van der Waals surface area contributed by atoms with Crippen molar-refractivity contribution in [1.82, 2.24) is 9.55 Å². The molecule has 5 nitrogen and oxygen atoms in total. The second-order valence-corrected chi connectivity index (χ2v) is 4.25. The predicted molar refractivity (Wildman–Crippen MR) is 67.0 cm³/mol. The molecule has 2 aromatic rings. The summed E-state index contributed by atoms with van der Waals surface area (Å²) in [5, 5.41) is 0.985. The lowest BCUT2D eigenvalue weighted by Gasteiger charge is -2.09. The van der Waals surface area contributed by atoms with Crippen molar-refractivity contribution < 1.29 is 4.79 Å². The minimum absolute atomic E-state index is 0.146. The van der Waals surface area contributed by atoms with Gasteiger partial charge >= 0.3 is 0 Å². The summed E-state index contributed by atoms with van der Waals surface area (Å²) in [6.45, 7) is -0.146. The lowest BCUT2D eigenvalue weighted by atomic mass is 10.2. The van der Waals surface area contributed by atoms with Crippen LogP contribution >= 0.6 is 11.8 Å². The van der Waals surface area contributed by atoms with E-state index in [-0.39, 0.29) is 12.1 Å². The van der Waals surface area contributed by atoms with Crippen molar-refractivity contribution in [3.63, 3.8) is 0 Å². The van der Waals surface area contributed by atoms with Gasteiger partial charge in [-0.3, -0.25) is 14.2 Å². The van der Waals surface area contributed by atoms with Crippen LogP contribution < -0.4 is 11.3 Å². The highest BCUT2D eigenvalue weighted by Crippen LogP contribution is 2.14. The summed E-state index contributed by atoms with van der Waals surface area (Å²) >= 11 is 1.31. The van der Waals surface area contributed by atoms with Crippen LogP contribution in [0.5, 0.6) is 0 Å². The molecular weight excluding hydrogens is 238 g/mol. The average Bonchev–Trinajstić information content (AvgIpc) is 2.32. The molecule has 0 unspecified atom stereocenters. The predicted octanol–water partition coefficient (Wildman–Crippen LogP) is 0.604. The first kappa shape index (κ1) is 11.7. The number of carbonyl (C=O) groups excluding carboxylic acids is 1. The maximum absolute atomic E-state index is 12.1. The second-order valence-electron chi connectivity index (χ2n) is 3.47. The zero-order valence-electron chi connectivity index (χ0n) is 9.21. The van der Waals surface area contributed by atoms with Gasteiger partial charge in [-0.15, -0.1) is 0 Å². The number of benzene rings is 1. The molecule has 0 aliphatic carbocycles. The zero-order chi connectivity index (χ0) is 12.4. The normalized spacial score (nSPS) is 10.6. The van der Waals surface area contributed by atoms with E-state index in [2.05, 4.69) is 4.98 Å². The van der Waals surface area contributed by atoms with E-state index in [1.807, 2.05) is 6.07 Å². The maximum Gasteiger partial charge on any atom is 0.262 e. The van der Waals surface area contributed by atoms with Crippen molar-refractivity contribution >= 4 is 28.6 Å². The van der Waals surface area contributed by atoms with E-state index in [0.29, 0.717) is 16.1 Å². The third-order valence-electron chi connectivity index (χ3n) is 2.32. The molecule has 0 radical (unpaired) electrons. The fourth-order valence-corrected chi connectivity index (χ4v) is 2.16. The number of nitrogens with zero attached hydrogens (tertiary/aromatic N) is 2. The molecule has 1 amide bonds. The minimum atomic E-state index is -0.556. The van der Waals surface area contributed by atoms with E-state index < -0.39 is 5.91 Å². The van der Waals surface area contributed by atoms with E-state index in [9.17, 15) is 9.59 Å². The van der Waals surface area contributed by atoms with Crippen LogP contribution in [0.2, 0.25) is 0 Å². The Kier molecular flexibility index (Phi) is 3.14. The maximum atomic E-state index is 12.1. The molecule has 0 aliphatic rings. The molecule has 17 heavy (non-hydrogen) atoms. The molecule has 0 atom stereocenters. The smallest absolute Gasteiger partial charge is 0.262 e. The lowest BCUT2D eigenvalue weighted by molar-refractivity contribution is -0.118. The monoisotopic (exact) mass is 249 g/mol. The van der Waals surface area contributed by atoms with E-state index in [0.717, 1.165) is 0 Å². The van der Waals surface area contributed by atoms with Gasteiger partial charge in [-0.1, -0.05) is 23.9 Å². The van der Waals surface area contributed by atoms with Gasteiger partial charge in [-0.05, 0) is 18.4 Å². The molecule has 0 saturated carbocycles. The SMILES string of the molecule is CSc1nc2ccccc2c(=O)n1CC(N)=O. The van der Waals surface area contributed by atoms with Crippen LogP contribution in [0.1, 0.15) is 0 Å². The molecule has 88 valence electrons. The summed E-state index contributed by atoms with van der Waals surface area (Å²) in [6.07, 6.45) is 1.80. The van der Waals surface area contributed by atoms with Crippen LogP contribution in [0.3, 0.4) is 0 Å². The molecule has 0 fully saturated rings. The van der Waals surface area contributed by atoms with Gasteiger partial charge < -0.3 is 5.73 Å². The van der Waals surface area contributed by atoms with Gasteiger partial charge in [0, 0.05) is 0 Å². The Bertz CT molecular complexity index is 636. The molecule has 6 heteroatoms. The molecule has 1 aromatic carbocycles. The first-order valence-electron chi connectivity index (χ1n) is 4.95. The summed E-state index contributed by atoms with van der Waals surface area (Å²) in [5.41, 5.74) is 5.52. The summed E-state index contributed by atoms with van der Waals surface area (Å²) in [6, 6.07) is 7.04. The third kappa shape index (κ3) is 2.16. The molecular formula is C11H11N3O2S. The molecule has 0 aliphatic heterocycles. The van der Waals surface area contributed by atoms with Gasteiger partial charge in [-0.2, -0.15) is 0 Å². The third-order valence-corrected chi connectivity index (χ3v) is 3.00. The number of hydrogen-bond acceptors (Lipinski definition) is 4. The van der Waals surface area contributed by atoms with E-state index in [1.54, 1.807) is 24.5 Å². The van der Waals surface area contributed by atoms with Gasteiger partial charge in [0.15, 0.2) is 5.16 Å². The average molecular weight is 249 g/mol. The Morgan fingerprint density at radius 1 is 1.47 bits per heavy atom. The Morgan fingerprint density at radius 3 is 2.82 bits per heavy atom. The molecule has 1 aromatic heterocycles. The van der Waals surface area contributed by atoms with Crippen molar-refractivity contribution in [3.05, 3.63) is 34.6 Å². The first-order valence-corrected chi connectivity index (χ1v) is 6.18. The number of thioether (sulfide) groups is 1. The summed E-state index contributed by atoms with van der Waals surface area (Å²) in [4.78, 5) is 27.4. The van der Waals surface area contributed by atoms with Crippen LogP contribution in [0, 0.1) is 0 Å². The number of nitrogens with two attached hydrogens (primary N) is 1. The largest absolute Gasteiger partial charge is 0.368 e. The van der Waals surface area contributed by atoms with Gasteiger partial charge in [0.05, 0.1) is 10.9 Å². The fourth-order valence-electron chi connectivity index (χ4n) is 1.60. The lowest BCUT2D eigenvalue weighted by Crippen LogP contribution is -2.30. The minimum Gasteiger partial charge on any atom is -0.368 e. The van der Waals surface area contributed by atoms with Crippen LogP contribution in [0.25, 0.3) is 10.9 Å². The summed E-state index contributed by atoms with van der Waals surface area (Å²) in [7, 11) is 0. The van der Waals surface area contributed by atoms with Crippen molar-refractivity contribution in [2.45, 2.75) is 11.7 Å². The molecule has 2 N–H and O–H groups in total. The second kappa shape index (κ2) is 4.58. The first-order chi connectivity index (χ1) is 8.13. The van der Waals surface area contributed by atoms with E-state index in [1.165, 1.54) is 16.3 Å². The van der Waals surface area contributed by atoms with Crippen LogP contribution in [0.4, 0.5) is 0 Å². The van der Waals surface area contributed by atoms with Crippen molar-refractivity contribution in [3.8, 4) is 0 Å². The van der Waals surface area contributed by atoms with E-state index in [4.69, 9.17) is 5.73 Å². The zero-order valence-corrected chi connectivity index (χ0v) is 10.0. The van der Waals surface area contributed by atoms with E-state index >= 15 is 0 Å². The Labute approximate surface area is 102 Å². The number of amides is 1. The van der Waals surface area contributed by atoms with Crippen molar-refractivity contribution in [2.75, 3.05) is 6.26 Å². The summed E-state index contributed by atoms with van der Waals surface area (Å²) in [5.74, 6) is -0.556. The molecule has 0 saturated heterocycles. The fraction of sp³-hybridized carbons (Fsp3) is 0.182. The highest BCUT2D eigenvalue weighted by atomic mass is 32.2. The van der Waals surface area contributed by atoms with Crippen LogP contribution in [0.15, 0.2) is 34.2 Å². The van der Waals surface area contributed by atoms with Gasteiger partial charge in [0.25, 0.3) is 5.56 Å². The molecule has 1 heterocycles.